The topological polar surface area (TPSA) is 22.3 Å². The Morgan fingerprint density at radius 1 is 0.783 bits per heavy atom. The number of aryl methyl sites for hydroxylation is 1. The fraction of sp³-hybridized carbons (Fsp3) is 0.350. The molecule has 23 heavy (non-hydrogen) atoms. The van der Waals surface area contributed by atoms with E-state index in [0.29, 0.717) is 19.8 Å². The number of rotatable bonds is 7. The van der Waals surface area contributed by atoms with Gasteiger partial charge in [-0.15, -0.1) is 0 Å². The molecule has 2 aromatic carbocycles. The van der Waals surface area contributed by atoms with Gasteiger partial charge in [0.05, 0.1) is 13.2 Å². The lowest BCUT2D eigenvalue weighted by atomic mass is 10.0. The molecule has 0 unspecified atom stereocenters. The van der Waals surface area contributed by atoms with E-state index in [4.69, 9.17) is 9.47 Å². The molecule has 3 aromatic rings. The minimum atomic E-state index is 0.649. The van der Waals surface area contributed by atoms with Crippen molar-refractivity contribution in [3.63, 3.8) is 0 Å². The van der Waals surface area contributed by atoms with Crippen molar-refractivity contribution in [2.45, 2.75) is 20.4 Å². The van der Waals surface area contributed by atoms with Gasteiger partial charge in [0.1, 0.15) is 6.61 Å². The zero-order valence-electron chi connectivity index (χ0n) is 13.9. The number of hydrogen-bond acceptors (Lipinski definition) is 2. The largest absolute Gasteiger partial charge is 0.379 e. The summed E-state index contributed by atoms with van der Waals surface area (Å²) in [6.45, 7) is 7.79. The fourth-order valence-electron chi connectivity index (χ4n) is 3.09. The molecule has 3 rings (SSSR count). The van der Waals surface area contributed by atoms with Crippen LogP contribution in [0, 0.1) is 6.92 Å². The monoisotopic (exact) mass is 310 g/mol. The molecule has 0 aliphatic rings. The number of para-hydroxylation sites is 2. The molecule has 0 spiro atoms. The summed E-state index contributed by atoms with van der Waals surface area (Å²) in [7, 11) is 0. The van der Waals surface area contributed by atoms with Crippen LogP contribution in [0.1, 0.15) is 12.5 Å². The molecule has 3 heteroatoms. The predicted octanol–water partition coefficient (Wildman–Crippen LogP) is 3.64. The third kappa shape index (κ3) is 3.36. The highest BCUT2D eigenvalue weighted by atomic mass is 16.5. The van der Waals surface area contributed by atoms with Gasteiger partial charge >= 0.3 is 0 Å². The van der Waals surface area contributed by atoms with Crippen LogP contribution in [-0.4, -0.2) is 26.4 Å². The van der Waals surface area contributed by atoms with Crippen LogP contribution in [0.4, 0.5) is 0 Å². The molecule has 0 aliphatic carbocycles. The Morgan fingerprint density at radius 3 is 1.96 bits per heavy atom. The molecule has 120 valence electrons. The minimum absolute atomic E-state index is 0.649. The van der Waals surface area contributed by atoms with Crippen molar-refractivity contribution < 1.29 is 14.0 Å². The Kier molecular flexibility index (Phi) is 5.21. The fourth-order valence-corrected chi connectivity index (χ4v) is 3.09. The number of ether oxygens (including phenoxy) is 2. The number of nitrogens with zero attached hydrogens (tertiary/aromatic N) is 1. The first-order valence-corrected chi connectivity index (χ1v) is 8.28. The summed E-state index contributed by atoms with van der Waals surface area (Å²) in [5.41, 5.74) is 3.86. The van der Waals surface area contributed by atoms with Crippen molar-refractivity contribution in [3.05, 3.63) is 54.1 Å². The van der Waals surface area contributed by atoms with Crippen LogP contribution in [0.25, 0.3) is 21.8 Å². The van der Waals surface area contributed by atoms with Crippen molar-refractivity contribution in [1.82, 2.24) is 0 Å². The third-order valence-electron chi connectivity index (χ3n) is 4.23. The number of hydrogen-bond donors (Lipinski definition) is 0. The van der Waals surface area contributed by atoms with Gasteiger partial charge in [-0.25, -0.2) is 0 Å². The van der Waals surface area contributed by atoms with Gasteiger partial charge in [0.15, 0.2) is 6.54 Å². The van der Waals surface area contributed by atoms with Crippen LogP contribution in [0.3, 0.4) is 0 Å². The number of aromatic nitrogens is 1. The number of benzene rings is 2. The maximum Gasteiger partial charge on any atom is 0.213 e. The quantitative estimate of drug-likeness (QED) is 0.378. The highest BCUT2D eigenvalue weighted by molar-refractivity contribution is 5.93. The molecule has 0 saturated heterocycles. The van der Waals surface area contributed by atoms with Crippen molar-refractivity contribution >= 4 is 21.8 Å². The van der Waals surface area contributed by atoms with Crippen LogP contribution in [-0.2, 0) is 16.0 Å². The van der Waals surface area contributed by atoms with Gasteiger partial charge in [-0.1, -0.05) is 24.3 Å². The van der Waals surface area contributed by atoms with Gasteiger partial charge in [0, 0.05) is 29.5 Å². The Labute approximate surface area is 137 Å². The van der Waals surface area contributed by atoms with Gasteiger partial charge in [-0.05, 0) is 31.5 Å². The van der Waals surface area contributed by atoms with Gasteiger partial charge < -0.3 is 9.47 Å². The summed E-state index contributed by atoms with van der Waals surface area (Å²) in [5.74, 6) is 0. The zero-order chi connectivity index (χ0) is 16.1. The lowest BCUT2D eigenvalue weighted by Crippen LogP contribution is -2.38. The molecule has 0 radical (unpaired) electrons. The first-order chi connectivity index (χ1) is 11.3. The molecule has 0 amide bonds. The maximum atomic E-state index is 5.72. The lowest BCUT2D eigenvalue weighted by Gasteiger charge is -2.09. The van der Waals surface area contributed by atoms with Crippen molar-refractivity contribution in [3.8, 4) is 0 Å². The molecular weight excluding hydrogens is 286 g/mol. The van der Waals surface area contributed by atoms with Crippen LogP contribution in [0.15, 0.2) is 48.5 Å². The Bertz CT molecular complexity index is 741. The van der Waals surface area contributed by atoms with E-state index in [1.807, 2.05) is 6.92 Å². The van der Waals surface area contributed by atoms with Crippen LogP contribution < -0.4 is 4.57 Å². The molecule has 0 atom stereocenters. The normalized spacial score (nSPS) is 11.4. The van der Waals surface area contributed by atoms with E-state index in [1.54, 1.807) is 0 Å². The van der Waals surface area contributed by atoms with E-state index in [-0.39, 0.29) is 0 Å². The van der Waals surface area contributed by atoms with Gasteiger partial charge in [-0.2, -0.15) is 4.57 Å². The van der Waals surface area contributed by atoms with E-state index < -0.39 is 0 Å². The van der Waals surface area contributed by atoms with E-state index in [9.17, 15) is 0 Å². The Morgan fingerprint density at radius 2 is 1.35 bits per heavy atom. The standard InChI is InChI=1S/C20H24NO2/c1-3-22-14-15-23-13-12-21-19-10-6-4-8-17(19)16(2)18-9-5-7-11-20(18)21/h4-11H,3,12-15H2,1-2H3/q+1. The summed E-state index contributed by atoms with van der Waals surface area (Å²) in [6.07, 6.45) is 0. The van der Waals surface area contributed by atoms with Gasteiger partial charge in [-0.3, -0.25) is 0 Å². The first-order valence-electron chi connectivity index (χ1n) is 8.28. The summed E-state index contributed by atoms with van der Waals surface area (Å²) >= 11 is 0. The molecule has 0 bridgehead atoms. The van der Waals surface area contributed by atoms with E-state index in [2.05, 4.69) is 60.0 Å². The molecule has 0 N–H and O–H groups in total. The van der Waals surface area contributed by atoms with Crippen molar-refractivity contribution in [1.29, 1.82) is 0 Å². The van der Waals surface area contributed by atoms with Gasteiger partial charge in [0.2, 0.25) is 11.0 Å². The Hall–Kier alpha value is -1.97. The lowest BCUT2D eigenvalue weighted by molar-refractivity contribution is -0.647. The summed E-state index contributed by atoms with van der Waals surface area (Å²) in [6, 6.07) is 17.2. The van der Waals surface area contributed by atoms with Crippen molar-refractivity contribution in [2.75, 3.05) is 26.4 Å². The van der Waals surface area contributed by atoms with E-state index >= 15 is 0 Å². The summed E-state index contributed by atoms with van der Waals surface area (Å²) in [5, 5.41) is 2.61. The number of pyridine rings is 1. The summed E-state index contributed by atoms with van der Waals surface area (Å²) < 4.78 is 13.4. The van der Waals surface area contributed by atoms with Crippen LogP contribution in [0.2, 0.25) is 0 Å². The third-order valence-corrected chi connectivity index (χ3v) is 4.23. The molecule has 0 fully saturated rings. The van der Waals surface area contributed by atoms with E-state index in [0.717, 1.165) is 13.2 Å². The zero-order valence-corrected chi connectivity index (χ0v) is 13.9. The molecular formula is C20H24NO2+. The van der Waals surface area contributed by atoms with Gasteiger partial charge in [0.25, 0.3) is 0 Å². The highest BCUT2D eigenvalue weighted by Gasteiger charge is 2.17. The molecule has 1 aromatic heterocycles. The van der Waals surface area contributed by atoms with Crippen LogP contribution in [0.5, 0.6) is 0 Å². The average molecular weight is 310 g/mol. The average Bonchev–Trinajstić information content (AvgIpc) is 2.60. The number of fused-ring (bicyclic) bond motifs is 2. The smallest absolute Gasteiger partial charge is 0.213 e. The highest BCUT2D eigenvalue weighted by Crippen LogP contribution is 2.23. The molecule has 3 nitrogen and oxygen atoms in total. The molecule has 0 saturated carbocycles. The molecule has 1 heterocycles. The summed E-state index contributed by atoms with van der Waals surface area (Å²) in [4.78, 5) is 0. The minimum Gasteiger partial charge on any atom is -0.379 e. The second-order valence-electron chi connectivity index (χ2n) is 5.62. The molecule has 0 aliphatic heterocycles. The Balaban J connectivity index is 1.92. The van der Waals surface area contributed by atoms with E-state index in [1.165, 1.54) is 27.4 Å². The second-order valence-corrected chi connectivity index (χ2v) is 5.62. The SMILES string of the molecule is CCOCCOCC[n+]1c2ccccc2c(C)c2ccccc21. The first kappa shape index (κ1) is 15.9. The van der Waals surface area contributed by atoms with Crippen molar-refractivity contribution in [2.24, 2.45) is 0 Å². The maximum absolute atomic E-state index is 5.72. The second kappa shape index (κ2) is 7.53. The van der Waals surface area contributed by atoms with Crippen LogP contribution >= 0.6 is 0 Å². The predicted molar refractivity (Wildman–Crippen MR) is 93.7 cm³/mol.